The summed E-state index contributed by atoms with van der Waals surface area (Å²) in [7, 11) is 1.69. The zero-order valence-electron chi connectivity index (χ0n) is 12.6. The average molecular weight is 276 g/mol. The van der Waals surface area contributed by atoms with Gasteiger partial charge in [-0.25, -0.2) is 0 Å². The van der Waals surface area contributed by atoms with Gasteiger partial charge in [0.25, 0.3) is 0 Å². The second kappa shape index (κ2) is 6.86. The molecule has 1 heterocycles. The Morgan fingerprint density at radius 1 is 1.35 bits per heavy atom. The lowest BCUT2D eigenvalue weighted by molar-refractivity contribution is -0.130. The van der Waals surface area contributed by atoms with Crippen molar-refractivity contribution in [3.05, 3.63) is 35.4 Å². The Morgan fingerprint density at radius 3 is 2.75 bits per heavy atom. The molecule has 0 radical (unpaired) electrons. The molecule has 0 spiro atoms. The normalized spacial score (nSPS) is 22.6. The van der Waals surface area contributed by atoms with Gasteiger partial charge >= 0.3 is 0 Å². The van der Waals surface area contributed by atoms with Crippen molar-refractivity contribution in [2.24, 2.45) is 0 Å². The topological polar surface area (TPSA) is 41.6 Å². The fourth-order valence-corrected chi connectivity index (χ4v) is 2.74. The minimum Gasteiger partial charge on any atom is -0.385 e. The van der Waals surface area contributed by atoms with Gasteiger partial charge in [0, 0.05) is 20.3 Å². The van der Waals surface area contributed by atoms with Gasteiger partial charge in [-0.1, -0.05) is 31.2 Å². The lowest BCUT2D eigenvalue weighted by Gasteiger charge is -2.25. The van der Waals surface area contributed by atoms with E-state index in [-0.39, 0.29) is 18.1 Å². The predicted octanol–water partition coefficient (Wildman–Crippen LogP) is 2.24. The van der Waals surface area contributed by atoms with Crippen molar-refractivity contribution in [2.45, 2.75) is 38.9 Å². The number of carbonyl (C=O) groups excluding carboxylic acids is 1. The molecule has 1 N–H and O–H groups in total. The van der Waals surface area contributed by atoms with E-state index in [1.165, 1.54) is 11.1 Å². The molecule has 4 heteroatoms. The van der Waals surface area contributed by atoms with Crippen LogP contribution in [-0.4, -0.2) is 37.1 Å². The van der Waals surface area contributed by atoms with E-state index < -0.39 is 0 Å². The number of rotatable bonds is 6. The minimum absolute atomic E-state index is 0.00879. The summed E-state index contributed by atoms with van der Waals surface area (Å²) in [6.45, 7) is 5.55. The van der Waals surface area contributed by atoms with Crippen LogP contribution in [0.1, 0.15) is 37.1 Å². The average Bonchev–Trinajstić information content (AvgIpc) is 2.77. The van der Waals surface area contributed by atoms with Crippen LogP contribution < -0.4 is 5.32 Å². The summed E-state index contributed by atoms with van der Waals surface area (Å²) in [5.41, 5.74) is 2.40. The van der Waals surface area contributed by atoms with Crippen LogP contribution in [0.5, 0.6) is 0 Å². The van der Waals surface area contributed by atoms with Gasteiger partial charge in [-0.05, 0) is 30.9 Å². The molecule has 1 aliphatic rings. The van der Waals surface area contributed by atoms with E-state index in [2.05, 4.69) is 24.4 Å². The smallest absolute Gasteiger partial charge is 0.241 e. The highest BCUT2D eigenvalue weighted by Gasteiger charge is 2.38. The Kier molecular flexibility index (Phi) is 5.15. The predicted molar refractivity (Wildman–Crippen MR) is 79.3 cm³/mol. The van der Waals surface area contributed by atoms with E-state index in [4.69, 9.17) is 4.74 Å². The molecule has 1 aromatic carbocycles. The molecule has 0 saturated carbocycles. The van der Waals surface area contributed by atoms with Gasteiger partial charge in [-0.15, -0.1) is 0 Å². The number of hydrogen-bond acceptors (Lipinski definition) is 3. The third-order valence-electron chi connectivity index (χ3n) is 3.89. The summed E-state index contributed by atoms with van der Waals surface area (Å²) < 4.78 is 5.10. The van der Waals surface area contributed by atoms with Crippen molar-refractivity contribution < 1.29 is 9.53 Å². The van der Waals surface area contributed by atoms with Crippen molar-refractivity contribution in [2.75, 3.05) is 20.3 Å². The Labute approximate surface area is 121 Å². The summed E-state index contributed by atoms with van der Waals surface area (Å²) in [4.78, 5) is 14.4. The summed E-state index contributed by atoms with van der Waals surface area (Å²) in [6.07, 6.45) is 1.68. The first-order chi connectivity index (χ1) is 9.69. The van der Waals surface area contributed by atoms with E-state index in [9.17, 15) is 4.79 Å². The van der Waals surface area contributed by atoms with Crippen molar-refractivity contribution in [1.82, 2.24) is 10.2 Å². The maximum absolute atomic E-state index is 12.4. The van der Waals surface area contributed by atoms with E-state index >= 15 is 0 Å². The van der Waals surface area contributed by atoms with Crippen LogP contribution in [0.2, 0.25) is 0 Å². The number of hydrogen-bond donors (Lipinski definition) is 1. The van der Waals surface area contributed by atoms with Gasteiger partial charge in [0.2, 0.25) is 5.91 Å². The Balaban J connectivity index is 2.20. The monoisotopic (exact) mass is 276 g/mol. The molecule has 20 heavy (non-hydrogen) atoms. The molecule has 2 atom stereocenters. The van der Waals surface area contributed by atoms with Gasteiger partial charge in [0.15, 0.2) is 0 Å². The number of ether oxygens (including phenoxy) is 1. The summed E-state index contributed by atoms with van der Waals surface area (Å²) in [6, 6.07) is 8.18. The first-order valence-corrected chi connectivity index (χ1v) is 7.30. The van der Waals surface area contributed by atoms with Crippen LogP contribution >= 0.6 is 0 Å². The molecule has 1 fully saturated rings. The molecule has 0 aliphatic carbocycles. The Morgan fingerprint density at radius 2 is 2.10 bits per heavy atom. The summed E-state index contributed by atoms with van der Waals surface area (Å²) in [5, 5.41) is 3.46. The number of benzene rings is 1. The number of methoxy groups -OCH3 is 1. The molecule has 2 rings (SSSR count). The van der Waals surface area contributed by atoms with Crippen molar-refractivity contribution >= 4 is 5.91 Å². The highest BCUT2D eigenvalue weighted by Crippen LogP contribution is 2.28. The van der Waals surface area contributed by atoms with E-state index in [1.54, 1.807) is 7.11 Å². The molecule has 1 aromatic rings. The Hall–Kier alpha value is -1.39. The van der Waals surface area contributed by atoms with Gasteiger partial charge in [-0.2, -0.15) is 0 Å². The number of carbonyl (C=O) groups is 1. The van der Waals surface area contributed by atoms with E-state index in [0.717, 1.165) is 19.4 Å². The Bertz CT molecular complexity index is 462. The van der Waals surface area contributed by atoms with E-state index in [1.807, 2.05) is 24.0 Å². The third-order valence-corrected chi connectivity index (χ3v) is 3.89. The SMILES string of the molecule is CCC1NC(c2ccccc2C)N(CCCOC)C1=O. The lowest BCUT2D eigenvalue weighted by Crippen LogP contribution is -2.32. The standard InChI is InChI=1S/C16H24N2O2/c1-4-14-16(19)18(10-7-11-20-3)15(17-14)13-9-6-5-8-12(13)2/h5-6,8-9,14-15,17H,4,7,10-11H2,1-3H3. The molecule has 0 bridgehead atoms. The molecule has 1 amide bonds. The fourth-order valence-electron chi connectivity index (χ4n) is 2.74. The van der Waals surface area contributed by atoms with Crippen LogP contribution in [0.15, 0.2) is 24.3 Å². The highest BCUT2D eigenvalue weighted by atomic mass is 16.5. The molecule has 1 aliphatic heterocycles. The largest absolute Gasteiger partial charge is 0.385 e. The second-order valence-electron chi connectivity index (χ2n) is 5.26. The fraction of sp³-hybridized carbons (Fsp3) is 0.562. The van der Waals surface area contributed by atoms with Crippen LogP contribution in [0.3, 0.4) is 0 Å². The minimum atomic E-state index is -0.0675. The number of nitrogens with one attached hydrogen (secondary N) is 1. The molecule has 2 unspecified atom stereocenters. The first kappa shape index (κ1) is 15.0. The third kappa shape index (κ3) is 3.02. The van der Waals surface area contributed by atoms with Crippen LogP contribution in [0, 0.1) is 6.92 Å². The highest BCUT2D eigenvalue weighted by molar-refractivity contribution is 5.84. The number of aryl methyl sites for hydroxylation is 1. The first-order valence-electron chi connectivity index (χ1n) is 7.30. The molecule has 4 nitrogen and oxygen atoms in total. The summed E-state index contributed by atoms with van der Waals surface area (Å²) in [5.74, 6) is 0.205. The lowest BCUT2D eigenvalue weighted by atomic mass is 10.1. The van der Waals surface area contributed by atoms with Crippen LogP contribution in [0.25, 0.3) is 0 Å². The summed E-state index contributed by atoms with van der Waals surface area (Å²) >= 11 is 0. The number of amides is 1. The van der Waals surface area contributed by atoms with Gasteiger partial charge < -0.3 is 9.64 Å². The molecule has 0 aromatic heterocycles. The zero-order chi connectivity index (χ0) is 14.5. The zero-order valence-corrected chi connectivity index (χ0v) is 12.6. The van der Waals surface area contributed by atoms with Crippen molar-refractivity contribution in [3.63, 3.8) is 0 Å². The molecular weight excluding hydrogens is 252 g/mol. The molecule has 1 saturated heterocycles. The van der Waals surface area contributed by atoms with Gasteiger partial charge in [0.1, 0.15) is 6.17 Å². The van der Waals surface area contributed by atoms with E-state index in [0.29, 0.717) is 6.61 Å². The second-order valence-corrected chi connectivity index (χ2v) is 5.26. The number of nitrogens with zero attached hydrogens (tertiary/aromatic N) is 1. The van der Waals surface area contributed by atoms with Crippen LogP contribution in [0.4, 0.5) is 0 Å². The van der Waals surface area contributed by atoms with Crippen molar-refractivity contribution in [1.29, 1.82) is 0 Å². The molecule has 110 valence electrons. The van der Waals surface area contributed by atoms with Gasteiger partial charge in [0.05, 0.1) is 6.04 Å². The van der Waals surface area contributed by atoms with Crippen LogP contribution in [-0.2, 0) is 9.53 Å². The maximum atomic E-state index is 12.4. The maximum Gasteiger partial charge on any atom is 0.241 e. The van der Waals surface area contributed by atoms with Gasteiger partial charge in [-0.3, -0.25) is 10.1 Å². The quantitative estimate of drug-likeness (QED) is 0.810. The molecular formula is C16H24N2O2. The van der Waals surface area contributed by atoms with Crippen molar-refractivity contribution in [3.8, 4) is 0 Å².